The maximum absolute atomic E-state index is 12.7. The zero-order chi connectivity index (χ0) is 17.6. The first-order chi connectivity index (χ1) is 12.0. The smallest absolute Gasteiger partial charge is 0.274 e. The van der Waals surface area contributed by atoms with E-state index in [0.717, 1.165) is 29.3 Å². The van der Waals surface area contributed by atoms with Gasteiger partial charge in [-0.25, -0.2) is 4.98 Å². The van der Waals surface area contributed by atoms with Crippen molar-refractivity contribution in [1.29, 1.82) is 0 Å². The van der Waals surface area contributed by atoms with Crippen LogP contribution in [0.5, 0.6) is 0 Å². The van der Waals surface area contributed by atoms with Crippen molar-refractivity contribution in [3.05, 3.63) is 41.2 Å². The molecule has 1 fully saturated rings. The minimum Gasteiger partial charge on any atom is -0.345 e. The zero-order valence-electron chi connectivity index (χ0n) is 14.7. The van der Waals surface area contributed by atoms with Gasteiger partial charge in [0.05, 0.1) is 10.2 Å². The third-order valence-corrected chi connectivity index (χ3v) is 5.66. The summed E-state index contributed by atoms with van der Waals surface area (Å²) in [5.41, 5.74) is 3.79. The van der Waals surface area contributed by atoms with E-state index in [1.54, 1.807) is 16.0 Å². The summed E-state index contributed by atoms with van der Waals surface area (Å²) in [6, 6.07) is 6.35. The van der Waals surface area contributed by atoms with Gasteiger partial charge in [0, 0.05) is 45.0 Å². The van der Waals surface area contributed by atoms with E-state index >= 15 is 0 Å². The van der Waals surface area contributed by atoms with Crippen molar-refractivity contribution in [3.63, 3.8) is 0 Å². The summed E-state index contributed by atoms with van der Waals surface area (Å²) >= 11 is 1.73. The lowest BCUT2D eigenvalue weighted by molar-refractivity contribution is 0.0739. The van der Waals surface area contributed by atoms with Crippen LogP contribution in [0.3, 0.4) is 0 Å². The number of rotatable bonds is 2. The van der Waals surface area contributed by atoms with Gasteiger partial charge in [0.1, 0.15) is 0 Å². The number of nitrogens with zero attached hydrogens (tertiary/aromatic N) is 5. The molecule has 1 aliphatic rings. The monoisotopic (exact) mass is 355 g/mol. The Morgan fingerprint density at radius 2 is 1.92 bits per heavy atom. The molecule has 6 nitrogen and oxygen atoms in total. The summed E-state index contributed by atoms with van der Waals surface area (Å²) in [5, 5.41) is 5.34. The second-order valence-electron chi connectivity index (χ2n) is 6.58. The number of benzene rings is 1. The lowest BCUT2D eigenvalue weighted by atomic mass is 10.2. The molecule has 3 heterocycles. The van der Waals surface area contributed by atoms with E-state index in [-0.39, 0.29) is 5.91 Å². The van der Waals surface area contributed by atoms with Crippen LogP contribution in [0.2, 0.25) is 0 Å². The Morgan fingerprint density at radius 1 is 1.16 bits per heavy atom. The SMILES string of the molecule is Cc1ccc2nc(N3CCN(C(=O)c4nn(C)cc4C)CC3)sc2c1. The van der Waals surface area contributed by atoms with Crippen LogP contribution in [0.1, 0.15) is 21.6 Å². The molecule has 0 N–H and O–H groups in total. The van der Waals surface area contributed by atoms with Gasteiger partial charge in [-0.3, -0.25) is 9.48 Å². The van der Waals surface area contributed by atoms with Crippen molar-refractivity contribution >= 4 is 32.6 Å². The number of thiazole rings is 1. The van der Waals surface area contributed by atoms with Crippen LogP contribution in [0.15, 0.2) is 24.4 Å². The fraction of sp³-hybridized carbons (Fsp3) is 0.389. The first kappa shape index (κ1) is 16.1. The van der Waals surface area contributed by atoms with E-state index in [9.17, 15) is 4.79 Å². The van der Waals surface area contributed by atoms with Crippen LogP contribution in [-0.2, 0) is 7.05 Å². The second kappa shape index (κ2) is 6.15. The molecule has 0 unspecified atom stereocenters. The van der Waals surface area contributed by atoms with Gasteiger partial charge in [-0.15, -0.1) is 0 Å². The first-order valence-electron chi connectivity index (χ1n) is 8.43. The minimum atomic E-state index is 0.0256. The highest BCUT2D eigenvalue weighted by Gasteiger charge is 2.26. The zero-order valence-corrected chi connectivity index (χ0v) is 15.5. The number of carbonyl (C=O) groups excluding carboxylic acids is 1. The van der Waals surface area contributed by atoms with Crippen LogP contribution in [0.4, 0.5) is 5.13 Å². The van der Waals surface area contributed by atoms with Crippen molar-refractivity contribution < 1.29 is 4.79 Å². The molecule has 130 valence electrons. The van der Waals surface area contributed by atoms with E-state index < -0.39 is 0 Å². The summed E-state index contributed by atoms with van der Waals surface area (Å²) in [5.74, 6) is 0.0256. The van der Waals surface area contributed by atoms with Crippen LogP contribution in [-0.4, -0.2) is 51.8 Å². The third kappa shape index (κ3) is 3.00. The van der Waals surface area contributed by atoms with Crippen LogP contribution < -0.4 is 4.90 Å². The molecule has 1 aliphatic heterocycles. The van der Waals surface area contributed by atoms with E-state index in [0.29, 0.717) is 18.8 Å². The molecular weight excluding hydrogens is 334 g/mol. The van der Waals surface area contributed by atoms with Gasteiger partial charge in [0.15, 0.2) is 10.8 Å². The third-order valence-electron chi connectivity index (χ3n) is 4.58. The Labute approximate surface area is 150 Å². The van der Waals surface area contributed by atoms with Crippen molar-refractivity contribution in [3.8, 4) is 0 Å². The lowest BCUT2D eigenvalue weighted by Crippen LogP contribution is -2.49. The van der Waals surface area contributed by atoms with E-state index in [1.165, 1.54) is 10.3 Å². The van der Waals surface area contributed by atoms with Gasteiger partial charge in [-0.1, -0.05) is 17.4 Å². The summed E-state index contributed by atoms with van der Waals surface area (Å²) in [7, 11) is 1.84. The highest BCUT2D eigenvalue weighted by Crippen LogP contribution is 2.30. The standard InChI is InChI=1S/C18H21N5OS/c1-12-4-5-14-15(10-12)25-18(19-14)23-8-6-22(7-9-23)17(24)16-13(2)11-21(3)20-16/h4-5,10-11H,6-9H2,1-3H3. The summed E-state index contributed by atoms with van der Waals surface area (Å²) in [4.78, 5) is 21.6. The molecule has 0 aliphatic carbocycles. The maximum atomic E-state index is 12.7. The molecule has 0 spiro atoms. The summed E-state index contributed by atoms with van der Waals surface area (Å²) < 4.78 is 2.92. The predicted octanol–water partition coefficient (Wildman–Crippen LogP) is 2.61. The fourth-order valence-electron chi connectivity index (χ4n) is 3.22. The number of aromatic nitrogens is 3. The number of piperazine rings is 1. The molecule has 0 bridgehead atoms. The minimum absolute atomic E-state index is 0.0256. The largest absolute Gasteiger partial charge is 0.345 e. The Morgan fingerprint density at radius 3 is 2.60 bits per heavy atom. The number of amides is 1. The summed E-state index contributed by atoms with van der Waals surface area (Å²) in [6.07, 6.45) is 1.88. The molecule has 3 aromatic rings. The molecule has 4 rings (SSSR count). The topological polar surface area (TPSA) is 54.3 Å². The van der Waals surface area contributed by atoms with Gasteiger partial charge in [-0.2, -0.15) is 5.10 Å². The number of hydrogen-bond donors (Lipinski definition) is 0. The molecule has 0 saturated carbocycles. The molecular formula is C18H21N5OS. The highest BCUT2D eigenvalue weighted by molar-refractivity contribution is 7.22. The quantitative estimate of drug-likeness (QED) is 0.709. The molecule has 1 saturated heterocycles. The van der Waals surface area contributed by atoms with E-state index in [1.807, 2.05) is 25.1 Å². The van der Waals surface area contributed by atoms with Crippen molar-refractivity contribution in [2.75, 3.05) is 31.1 Å². The number of aryl methyl sites for hydroxylation is 3. The average Bonchev–Trinajstić information content (AvgIpc) is 3.16. The van der Waals surface area contributed by atoms with Gasteiger partial charge in [0.25, 0.3) is 5.91 Å². The van der Waals surface area contributed by atoms with Crippen molar-refractivity contribution in [2.24, 2.45) is 7.05 Å². The molecule has 0 radical (unpaired) electrons. The average molecular weight is 355 g/mol. The molecule has 7 heteroatoms. The Kier molecular flexibility index (Phi) is 3.95. The molecule has 2 aromatic heterocycles. The van der Waals surface area contributed by atoms with Crippen LogP contribution in [0, 0.1) is 13.8 Å². The summed E-state index contributed by atoms with van der Waals surface area (Å²) in [6.45, 7) is 7.03. The Bertz CT molecular complexity index is 936. The molecule has 25 heavy (non-hydrogen) atoms. The highest BCUT2D eigenvalue weighted by atomic mass is 32.1. The molecule has 1 amide bonds. The first-order valence-corrected chi connectivity index (χ1v) is 9.24. The molecule has 0 atom stereocenters. The van der Waals surface area contributed by atoms with Gasteiger partial charge >= 0.3 is 0 Å². The number of fused-ring (bicyclic) bond motifs is 1. The maximum Gasteiger partial charge on any atom is 0.274 e. The van der Waals surface area contributed by atoms with Crippen LogP contribution >= 0.6 is 11.3 Å². The number of hydrogen-bond acceptors (Lipinski definition) is 5. The number of anilines is 1. The van der Waals surface area contributed by atoms with Crippen LogP contribution in [0.25, 0.3) is 10.2 Å². The van der Waals surface area contributed by atoms with Gasteiger partial charge < -0.3 is 9.80 Å². The Balaban J connectivity index is 1.47. The van der Waals surface area contributed by atoms with E-state index in [2.05, 4.69) is 35.1 Å². The number of carbonyl (C=O) groups is 1. The Hall–Kier alpha value is -2.41. The predicted molar refractivity (Wildman–Crippen MR) is 100 cm³/mol. The normalized spacial score (nSPS) is 15.2. The fourth-order valence-corrected chi connectivity index (χ4v) is 4.34. The van der Waals surface area contributed by atoms with Crippen molar-refractivity contribution in [2.45, 2.75) is 13.8 Å². The second-order valence-corrected chi connectivity index (χ2v) is 7.59. The van der Waals surface area contributed by atoms with Crippen molar-refractivity contribution in [1.82, 2.24) is 19.7 Å². The molecule has 1 aromatic carbocycles. The van der Waals surface area contributed by atoms with E-state index in [4.69, 9.17) is 4.98 Å². The van der Waals surface area contributed by atoms with Gasteiger partial charge in [0.2, 0.25) is 0 Å². The van der Waals surface area contributed by atoms with Gasteiger partial charge in [-0.05, 0) is 31.5 Å². The lowest BCUT2D eigenvalue weighted by Gasteiger charge is -2.34.